The third kappa shape index (κ3) is 3.14. The summed E-state index contributed by atoms with van der Waals surface area (Å²) in [4.78, 5) is 8.98. The van der Waals surface area contributed by atoms with Gasteiger partial charge in [0, 0.05) is 44.1 Å². The SMILES string of the molecule is CCCc1nsc(N2CCN(CC#N)CC2)n1. The van der Waals surface area contributed by atoms with E-state index >= 15 is 0 Å². The van der Waals surface area contributed by atoms with Crippen LogP contribution in [0.2, 0.25) is 0 Å². The Kier molecular flexibility index (Phi) is 4.29. The molecule has 0 aromatic carbocycles. The summed E-state index contributed by atoms with van der Waals surface area (Å²) in [5, 5.41) is 9.67. The van der Waals surface area contributed by atoms with Crippen molar-refractivity contribution in [3.05, 3.63) is 5.82 Å². The number of piperazine rings is 1. The molecule has 5 nitrogen and oxygen atoms in total. The van der Waals surface area contributed by atoms with Crippen LogP contribution in [0.15, 0.2) is 0 Å². The van der Waals surface area contributed by atoms with E-state index in [0.717, 1.165) is 50.0 Å². The highest BCUT2D eigenvalue weighted by molar-refractivity contribution is 7.09. The molecular weight excluding hydrogens is 234 g/mol. The van der Waals surface area contributed by atoms with Crippen molar-refractivity contribution < 1.29 is 0 Å². The minimum atomic E-state index is 0.533. The van der Waals surface area contributed by atoms with E-state index in [0.29, 0.717) is 6.54 Å². The fourth-order valence-electron chi connectivity index (χ4n) is 1.90. The molecule has 1 aliphatic rings. The molecule has 92 valence electrons. The summed E-state index contributed by atoms with van der Waals surface area (Å²) in [6.07, 6.45) is 2.05. The average molecular weight is 251 g/mol. The van der Waals surface area contributed by atoms with Gasteiger partial charge in [0.15, 0.2) is 0 Å². The fourth-order valence-corrected chi connectivity index (χ4v) is 2.66. The summed E-state index contributed by atoms with van der Waals surface area (Å²) in [6.45, 7) is 6.45. The molecule has 6 heteroatoms. The quantitative estimate of drug-likeness (QED) is 0.751. The van der Waals surface area contributed by atoms with Gasteiger partial charge in [-0.15, -0.1) is 0 Å². The van der Waals surface area contributed by atoms with Gasteiger partial charge in [0.2, 0.25) is 5.13 Å². The Labute approximate surface area is 106 Å². The van der Waals surface area contributed by atoms with E-state index in [9.17, 15) is 0 Å². The monoisotopic (exact) mass is 251 g/mol. The van der Waals surface area contributed by atoms with Crippen molar-refractivity contribution in [3.63, 3.8) is 0 Å². The lowest BCUT2D eigenvalue weighted by Gasteiger charge is -2.32. The molecule has 2 heterocycles. The van der Waals surface area contributed by atoms with E-state index < -0.39 is 0 Å². The second-order valence-electron chi connectivity index (χ2n) is 4.16. The van der Waals surface area contributed by atoms with Crippen molar-refractivity contribution in [1.29, 1.82) is 5.26 Å². The summed E-state index contributed by atoms with van der Waals surface area (Å²) in [5.41, 5.74) is 0. The van der Waals surface area contributed by atoms with Crippen molar-refractivity contribution in [2.75, 3.05) is 37.6 Å². The van der Waals surface area contributed by atoms with Crippen molar-refractivity contribution in [3.8, 4) is 6.07 Å². The van der Waals surface area contributed by atoms with Gasteiger partial charge in [-0.05, 0) is 6.42 Å². The summed E-state index contributed by atoms with van der Waals surface area (Å²) >= 11 is 1.49. The number of nitrogens with zero attached hydrogens (tertiary/aromatic N) is 5. The third-order valence-electron chi connectivity index (χ3n) is 2.87. The third-order valence-corrected chi connectivity index (χ3v) is 3.68. The number of nitriles is 1. The number of aromatic nitrogens is 2. The van der Waals surface area contributed by atoms with Gasteiger partial charge < -0.3 is 4.90 Å². The van der Waals surface area contributed by atoms with E-state index in [1.165, 1.54) is 11.5 Å². The molecule has 0 aliphatic carbocycles. The molecule has 1 aromatic rings. The molecule has 1 fully saturated rings. The van der Waals surface area contributed by atoms with Crippen LogP contribution >= 0.6 is 11.5 Å². The van der Waals surface area contributed by atoms with Gasteiger partial charge >= 0.3 is 0 Å². The van der Waals surface area contributed by atoms with Crippen LogP contribution in [-0.4, -0.2) is 47.0 Å². The van der Waals surface area contributed by atoms with E-state index in [4.69, 9.17) is 5.26 Å². The van der Waals surface area contributed by atoms with E-state index in [2.05, 4.69) is 32.2 Å². The average Bonchev–Trinajstić information content (AvgIpc) is 2.80. The zero-order valence-electron chi connectivity index (χ0n) is 10.1. The van der Waals surface area contributed by atoms with Crippen molar-refractivity contribution in [2.45, 2.75) is 19.8 Å². The molecule has 0 N–H and O–H groups in total. The van der Waals surface area contributed by atoms with Crippen LogP contribution in [-0.2, 0) is 6.42 Å². The Hall–Kier alpha value is -1.19. The van der Waals surface area contributed by atoms with Gasteiger partial charge in [-0.3, -0.25) is 4.90 Å². The predicted molar refractivity (Wildman–Crippen MR) is 68.2 cm³/mol. The normalized spacial score (nSPS) is 17.1. The van der Waals surface area contributed by atoms with Crippen LogP contribution in [0.1, 0.15) is 19.2 Å². The van der Waals surface area contributed by atoms with E-state index in [-0.39, 0.29) is 0 Å². The summed E-state index contributed by atoms with van der Waals surface area (Å²) in [7, 11) is 0. The van der Waals surface area contributed by atoms with Crippen LogP contribution in [0, 0.1) is 11.3 Å². The highest BCUT2D eigenvalue weighted by atomic mass is 32.1. The molecule has 0 unspecified atom stereocenters. The zero-order valence-corrected chi connectivity index (χ0v) is 10.9. The minimum Gasteiger partial charge on any atom is -0.344 e. The van der Waals surface area contributed by atoms with Crippen molar-refractivity contribution in [1.82, 2.24) is 14.3 Å². The number of rotatable bonds is 4. The molecule has 0 spiro atoms. The Morgan fingerprint density at radius 2 is 2.12 bits per heavy atom. The maximum Gasteiger partial charge on any atom is 0.205 e. The van der Waals surface area contributed by atoms with Crippen molar-refractivity contribution in [2.24, 2.45) is 0 Å². The first-order valence-electron chi connectivity index (χ1n) is 6.00. The molecule has 1 aromatic heterocycles. The van der Waals surface area contributed by atoms with Crippen LogP contribution in [0.5, 0.6) is 0 Å². The molecule has 1 saturated heterocycles. The lowest BCUT2D eigenvalue weighted by molar-refractivity contribution is 0.287. The van der Waals surface area contributed by atoms with E-state index in [1.54, 1.807) is 0 Å². The Bertz CT molecular complexity index is 389. The highest BCUT2D eigenvalue weighted by Crippen LogP contribution is 2.19. The van der Waals surface area contributed by atoms with Crippen molar-refractivity contribution >= 4 is 16.7 Å². The zero-order chi connectivity index (χ0) is 12.1. The number of hydrogen-bond donors (Lipinski definition) is 0. The lowest BCUT2D eigenvalue weighted by Crippen LogP contribution is -2.46. The predicted octanol–water partition coefficient (Wildman–Crippen LogP) is 1.14. The van der Waals surface area contributed by atoms with Crippen LogP contribution in [0.25, 0.3) is 0 Å². The van der Waals surface area contributed by atoms with Gasteiger partial charge in [-0.1, -0.05) is 6.92 Å². The number of aryl methyl sites for hydroxylation is 1. The largest absolute Gasteiger partial charge is 0.344 e. The highest BCUT2D eigenvalue weighted by Gasteiger charge is 2.19. The Balaban J connectivity index is 1.89. The first-order chi connectivity index (χ1) is 8.33. The summed E-state index contributed by atoms with van der Waals surface area (Å²) < 4.78 is 4.36. The van der Waals surface area contributed by atoms with Gasteiger partial charge in [0.05, 0.1) is 12.6 Å². The molecule has 2 rings (SSSR count). The lowest BCUT2D eigenvalue weighted by atomic mass is 10.3. The first-order valence-corrected chi connectivity index (χ1v) is 6.77. The molecule has 1 aliphatic heterocycles. The molecule has 0 atom stereocenters. The topological polar surface area (TPSA) is 56.1 Å². The van der Waals surface area contributed by atoms with E-state index in [1.807, 2.05) is 0 Å². The number of hydrogen-bond acceptors (Lipinski definition) is 6. The fraction of sp³-hybridized carbons (Fsp3) is 0.727. The second kappa shape index (κ2) is 5.94. The van der Waals surface area contributed by atoms with Gasteiger partial charge in [-0.25, -0.2) is 4.98 Å². The van der Waals surface area contributed by atoms with Crippen LogP contribution in [0.3, 0.4) is 0 Å². The molecule has 0 bridgehead atoms. The van der Waals surface area contributed by atoms with Gasteiger partial charge in [0.1, 0.15) is 5.82 Å². The molecular formula is C11H17N5S. The van der Waals surface area contributed by atoms with Crippen LogP contribution < -0.4 is 4.90 Å². The smallest absolute Gasteiger partial charge is 0.205 e. The maximum atomic E-state index is 8.64. The van der Waals surface area contributed by atoms with Gasteiger partial charge in [0.25, 0.3) is 0 Å². The first kappa shape index (κ1) is 12.3. The standard InChI is InChI=1S/C11H17N5S/c1-2-3-10-13-11(17-14-10)16-8-6-15(5-4-12)7-9-16/h2-3,5-9H2,1H3. The second-order valence-corrected chi connectivity index (χ2v) is 4.89. The molecule has 0 amide bonds. The Morgan fingerprint density at radius 1 is 1.35 bits per heavy atom. The summed E-state index contributed by atoms with van der Waals surface area (Å²) in [5.74, 6) is 0.965. The molecule has 17 heavy (non-hydrogen) atoms. The van der Waals surface area contributed by atoms with Crippen LogP contribution in [0.4, 0.5) is 5.13 Å². The summed E-state index contributed by atoms with van der Waals surface area (Å²) in [6, 6.07) is 2.19. The maximum absolute atomic E-state index is 8.64. The minimum absolute atomic E-state index is 0.533. The Morgan fingerprint density at radius 3 is 2.76 bits per heavy atom. The molecule has 0 radical (unpaired) electrons. The number of anilines is 1. The van der Waals surface area contributed by atoms with Gasteiger partial charge in [-0.2, -0.15) is 9.64 Å². The molecule has 0 saturated carbocycles.